The van der Waals surface area contributed by atoms with Gasteiger partial charge in [0.05, 0.1) is 0 Å². The number of fused-ring (bicyclic) bond motifs is 1. The van der Waals surface area contributed by atoms with Crippen LogP contribution in [0.3, 0.4) is 0 Å². The second kappa shape index (κ2) is 7.64. The lowest BCUT2D eigenvalue weighted by molar-refractivity contribution is 0.0995. The van der Waals surface area contributed by atoms with Gasteiger partial charge in [0, 0.05) is 28.7 Å². The highest BCUT2D eigenvalue weighted by molar-refractivity contribution is 6.07. The molecule has 29 heavy (non-hydrogen) atoms. The van der Waals surface area contributed by atoms with E-state index in [1.165, 1.54) is 0 Å². The highest BCUT2D eigenvalue weighted by Gasteiger charge is 2.17. The number of nitrogens with zero attached hydrogens (tertiary/aromatic N) is 1. The lowest BCUT2D eigenvalue weighted by atomic mass is 10.1. The van der Waals surface area contributed by atoms with Crippen LogP contribution in [0.15, 0.2) is 78.9 Å². The largest absolute Gasteiger partial charge is 0.366 e. The SMILES string of the molecule is Cc1ccc(C(N)=O)cc1NC(=O)c1cc2ccccc2n1Cc1ccccc1. The Hall–Kier alpha value is -3.86. The Morgan fingerprint density at radius 3 is 2.41 bits per heavy atom. The first-order chi connectivity index (χ1) is 14.0. The summed E-state index contributed by atoms with van der Waals surface area (Å²) in [7, 11) is 0. The smallest absolute Gasteiger partial charge is 0.272 e. The topological polar surface area (TPSA) is 77.1 Å². The molecule has 0 fully saturated rings. The fraction of sp³-hybridized carbons (Fsp3) is 0.0833. The quantitative estimate of drug-likeness (QED) is 0.537. The lowest BCUT2D eigenvalue weighted by Crippen LogP contribution is -2.19. The lowest BCUT2D eigenvalue weighted by Gasteiger charge is -2.13. The van der Waals surface area contributed by atoms with Gasteiger partial charge in [-0.05, 0) is 42.3 Å². The Balaban J connectivity index is 1.74. The summed E-state index contributed by atoms with van der Waals surface area (Å²) in [6.07, 6.45) is 0. The molecule has 1 aromatic heterocycles. The van der Waals surface area contributed by atoms with Gasteiger partial charge >= 0.3 is 0 Å². The third-order valence-corrected chi connectivity index (χ3v) is 5.00. The van der Waals surface area contributed by atoms with Gasteiger partial charge in [0.25, 0.3) is 5.91 Å². The average Bonchev–Trinajstić information content (AvgIpc) is 3.09. The van der Waals surface area contributed by atoms with E-state index in [1.54, 1.807) is 18.2 Å². The number of aromatic nitrogens is 1. The molecule has 0 aliphatic rings. The molecule has 4 aromatic rings. The molecule has 144 valence electrons. The van der Waals surface area contributed by atoms with Crippen molar-refractivity contribution < 1.29 is 9.59 Å². The number of carbonyl (C=O) groups excluding carboxylic acids is 2. The Labute approximate surface area is 168 Å². The van der Waals surface area contributed by atoms with Crippen molar-refractivity contribution in [2.24, 2.45) is 5.73 Å². The van der Waals surface area contributed by atoms with E-state index in [-0.39, 0.29) is 5.91 Å². The van der Waals surface area contributed by atoms with Crippen molar-refractivity contribution in [3.8, 4) is 0 Å². The fourth-order valence-corrected chi connectivity index (χ4v) is 3.43. The van der Waals surface area contributed by atoms with Crippen LogP contribution in [-0.4, -0.2) is 16.4 Å². The molecule has 0 radical (unpaired) electrons. The van der Waals surface area contributed by atoms with Crippen molar-refractivity contribution in [3.05, 3.63) is 101 Å². The molecule has 0 aliphatic carbocycles. The normalized spacial score (nSPS) is 10.8. The first kappa shape index (κ1) is 18.5. The van der Waals surface area contributed by atoms with Gasteiger partial charge in [0.15, 0.2) is 0 Å². The van der Waals surface area contributed by atoms with E-state index in [0.717, 1.165) is 22.0 Å². The highest BCUT2D eigenvalue weighted by atomic mass is 16.2. The second-order valence-electron chi connectivity index (χ2n) is 7.01. The Morgan fingerprint density at radius 1 is 0.931 bits per heavy atom. The minimum atomic E-state index is -0.529. The summed E-state index contributed by atoms with van der Waals surface area (Å²) in [6.45, 7) is 2.46. The summed E-state index contributed by atoms with van der Waals surface area (Å²) in [5.74, 6) is -0.763. The van der Waals surface area contributed by atoms with Gasteiger partial charge in [0.1, 0.15) is 5.69 Å². The van der Waals surface area contributed by atoms with Crippen LogP contribution in [0.5, 0.6) is 0 Å². The average molecular weight is 383 g/mol. The number of aryl methyl sites for hydroxylation is 1. The number of amides is 2. The van der Waals surface area contributed by atoms with Gasteiger partial charge in [-0.1, -0.05) is 54.6 Å². The van der Waals surface area contributed by atoms with Gasteiger partial charge in [-0.3, -0.25) is 9.59 Å². The van der Waals surface area contributed by atoms with Crippen LogP contribution in [0.1, 0.15) is 32.0 Å². The van der Waals surface area contributed by atoms with Crippen molar-refractivity contribution in [3.63, 3.8) is 0 Å². The number of hydrogen-bond donors (Lipinski definition) is 2. The minimum Gasteiger partial charge on any atom is -0.366 e. The third-order valence-electron chi connectivity index (χ3n) is 5.00. The number of benzene rings is 3. The van der Waals surface area contributed by atoms with Crippen LogP contribution in [0.4, 0.5) is 5.69 Å². The number of nitrogens with two attached hydrogens (primary N) is 1. The fourth-order valence-electron chi connectivity index (χ4n) is 3.43. The summed E-state index contributed by atoms with van der Waals surface area (Å²) in [6, 6.07) is 24.9. The predicted octanol–water partition coefficient (Wildman–Crippen LogP) is 4.35. The number of rotatable bonds is 5. The van der Waals surface area contributed by atoms with Gasteiger partial charge in [0.2, 0.25) is 5.91 Å². The first-order valence-corrected chi connectivity index (χ1v) is 9.37. The summed E-state index contributed by atoms with van der Waals surface area (Å²) >= 11 is 0. The van der Waals surface area contributed by atoms with Crippen LogP contribution in [0, 0.1) is 6.92 Å². The molecule has 3 aromatic carbocycles. The van der Waals surface area contributed by atoms with Gasteiger partial charge in [-0.25, -0.2) is 0 Å². The molecule has 0 unspecified atom stereocenters. The van der Waals surface area contributed by atoms with Crippen LogP contribution in [0.25, 0.3) is 10.9 Å². The third kappa shape index (κ3) is 3.75. The van der Waals surface area contributed by atoms with E-state index in [2.05, 4.69) is 5.32 Å². The molecule has 0 bridgehead atoms. The first-order valence-electron chi connectivity index (χ1n) is 9.37. The Morgan fingerprint density at radius 2 is 1.66 bits per heavy atom. The van der Waals surface area contributed by atoms with E-state index in [4.69, 9.17) is 5.73 Å². The minimum absolute atomic E-state index is 0.234. The highest BCUT2D eigenvalue weighted by Crippen LogP contribution is 2.24. The Kier molecular flexibility index (Phi) is 4.87. The predicted molar refractivity (Wildman–Crippen MR) is 115 cm³/mol. The van der Waals surface area contributed by atoms with Crippen LogP contribution < -0.4 is 11.1 Å². The summed E-state index contributed by atoms with van der Waals surface area (Å²) in [5, 5.41) is 3.94. The molecule has 2 amide bonds. The molecule has 0 atom stereocenters. The van der Waals surface area contributed by atoms with Crippen LogP contribution in [-0.2, 0) is 6.54 Å². The Bertz CT molecular complexity index is 1210. The molecular formula is C24H21N3O2. The summed E-state index contributed by atoms with van der Waals surface area (Å²) < 4.78 is 2.01. The molecule has 4 rings (SSSR count). The van der Waals surface area contributed by atoms with Gasteiger partial charge in [-0.2, -0.15) is 0 Å². The van der Waals surface area contributed by atoms with Crippen LogP contribution >= 0.6 is 0 Å². The number of primary amides is 1. The zero-order chi connectivity index (χ0) is 20.4. The molecule has 3 N–H and O–H groups in total. The maximum absolute atomic E-state index is 13.2. The zero-order valence-electron chi connectivity index (χ0n) is 16.1. The zero-order valence-corrected chi connectivity index (χ0v) is 16.1. The number of anilines is 1. The maximum Gasteiger partial charge on any atom is 0.272 e. The van der Waals surface area contributed by atoms with Gasteiger partial charge in [-0.15, -0.1) is 0 Å². The van der Waals surface area contributed by atoms with E-state index in [1.807, 2.05) is 72.2 Å². The summed E-state index contributed by atoms with van der Waals surface area (Å²) in [4.78, 5) is 24.7. The molecular weight excluding hydrogens is 362 g/mol. The van der Waals surface area contributed by atoms with E-state index in [0.29, 0.717) is 23.5 Å². The summed E-state index contributed by atoms with van der Waals surface area (Å²) in [5.41, 5.74) is 9.82. The van der Waals surface area contributed by atoms with Crippen molar-refractivity contribution in [2.45, 2.75) is 13.5 Å². The number of hydrogen-bond acceptors (Lipinski definition) is 2. The number of nitrogens with one attached hydrogen (secondary N) is 1. The second-order valence-corrected chi connectivity index (χ2v) is 7.01. The monoisotopic (exact) mass is 383 g/mol. The molecule has 1 heterocycles. The van der Waals surface area contributed by atoms with Crippen molar-refractivity contribution >= 4 is 28.4 Å². The molecule has 0 spiro atoms. The van der Waals surface area contributed by atoms with Crippen LogP contribution in [0.2, 0.25) is 0 Å². The standard InChI is InChI=1S/C24H21N3O2/c1-16-11-12-19(23(25)28)13-20(16)26-24(29)22-14-18-9-5-6-10-21(18)27(22)15-17-7-3-2-4-8-17/h2-14H,15H2,1H3,(H2,25,28)(H,26,29). The van der Waals surface area contributed by atoms with Gasteiger partial charge < -0.3 is 15.6 Å². The molecule has 0 aliphatic heterocycles. The van der Waals surface area contributed by atoms with E-state index >= 15 is 0 Å². The van der Waals surface area contributed by atoms with Crippen molar-refractivity contribution in [1.82, 2.24) is 4.57 Å². The molecule has 0 saturated carbocycles. The van der Waals surface area contributed by atoms with Crippen molar-refractivity contribution in [2.75, 3.05) is 5.32 Å². The number of para-hydroxylation sites is 1. The molecule has 0 saturated heterocycles. The molecule has 5 nitrogen and oxygen atoms in total. The van der Waals surface area contributed by atoms with Crippen molar-refractivity contribution in [1.29, 1.82) is 0 Å². The number of carbonyl (C=O) groups is 2. The molecule has 5 heteroatoms. The van der Waals surface area contributed by atoms with E-state index < -0.39 is 5.91 Å². The maximum atomic E-state index is 13.2. The van der Waals surface area contributed by atoms with E-state index in [9.17, 15) is 9.59 Å².